The summed E-state index contributed by atoms with van der Waals surface area (Å²) >= 11 is 0. The second-order valence-corrected chi connectivity index (χ2v) is 4.74. The minimum absolute atomic E-state index is 0.0681. The van der Waals surface area contributed by atoms with Gasteiger partial charge in [-0.15, -0.1) is 0 Å². The lowest BCUT2D eigenvalue weighted by molar-refractivity contribution is -0.146. The van der Waals surface area contributed by atoms with E-state index >= 15 is 0 Å². The Hall–Kier alpha value is -1.14. The molecule has 0 spiro atoms. The van der Waals surface area contributed by atoms with Crippen LogP contribution in [0, 0.1) is 0 Å². The Balaban J connectivity index is 1.71. The number of ether oxygens (including phenoxy) is 1. The average Bonchev–Trinajstić information content (AvgIpc) is 2.46. The van der Waals surface area contributed by atoms with E-state index in [1.807, 2.05) is 0 Å². The molecule has 6 nitrogen and oxygen atoms in total. The molecule has 2 N–H and O–H groups in total. The van der Waals surface area contributed by atoms with Gasteiger partial charge >= 0.3 is 11.8 Å². The van der Waals surface area contributed by atoms with Crippen molar-refractivity contribution in [3.63, 3.8) is 0 Å². The Labute approximate surface area is 107 Å². The van der Waals surface area contributed by atoms with Gasteiger partial charge in [-0.1, -0.05) is 0 Å². The highest BCUT2D eigenvalue weighted by Gasteiger charge is 2.24. The highest BCUT2D eigenvalue weighted by molar-refractivity contribution is 6.35. The Kier molecular flexibility index (Phi) is 4.95. The Bertz CT molecular complexity index is 297. The van der Waals surface area contributed by atoms with Crippen LogP contribution in [0.4, 0.5) is 0 Å². The van der Waals surface area contributed by atoms with Gasteiger partial charge in [0.1, 0.15) is 0 Å². The number of carbonyl (C=O) groups excluding carboxylic acids is 2. The van der Waals surface area contributed by atoms with E-state index in [2.05, 4.69) is 10.6 Å². The summed E-state index contributed by atoms with van der Waals surface area (Å²) in [6.07, 6.45) is 3.25. The van der Waals surface area contributed by atoms with Gasteiger partial charge in [-0.25, -0.2) is 0 Å². The van der Waals surface area contributed by atoms with Crippen LogP contribution in [0.5, 0.6) is 0 Å². The van der Waals surface area contributed by atoms with E-state index in [1.54, 1.807) is 4.90 Å². The van der Waals surface area contributed by atoms with Gasteiger partial charge < -0.3 is 20.3 Å². The zero-order valence-corrected chi connectivity index (χ0v) is 10.6. The predicted octanol–water partition coefficient (Wildman–Crippen LogP) is -0.896. The van der Waals surface area contributed by atoms with Crippen LogP contribution in [0.3, 0.4) is 0 Å². The first-order valence-electron chi connectivity index (χ1n) is 6.67. The van der Waals surface area contributed by atoms with E-state index in [-0.39, 0.29) is 6.10 Å². The van der Waals surface area contributed by atoms with Crippen molar-refractivity contribution in [3.8, 4) is 0 Å². The molecule has 2 amide bonds. The zero-order chi connectivity index (χ0) is 12.8. The van der Waals surface area contributed by atoms with Crippen LogP contribution < -0.4 is 10.6 Å². The maximum Gasteiger partial charge on any atom is 0.311 e. The van der Waals surface area contributed by atoms with Gasteiger partial charge in [-0.2, -0.15) is 0 Å². The molecule has 0 aliphatic carbocycles. The number of amides is 2. The van der Waals surface area contributed by atoms with Crippen LogP contribution in [-0.2, 0) is 14.3 Å². The van der Waals surface area contributed by atoms with Gasteiger partial charge in [0.25, 0.3) is 0 Å². The third kappa shape index (κ3) is 3.68. The standard InChI is InChI=1S/C12H21N3O3/c16-11(12(17)15-6-4-13-5-7-15)14-9-10-3-1-2-8-18-10/h10,13H,1-9H2,(H,14,16). The molecule has 1 unspecified atom stereocenters. The van der Waals surface area contributed by atoms with Gasteiger partial charge in [0.05, 0.1) is 6.10 Å². The molecule has 0 aromatic rings. The molecule has 2 saturated heterocycles. The highest BCUT2D eigenvalue weighted by Crippen LogP contribution is 2.11. The number of rotatable bonds is 2. The summed E-state index contributed by atoms with van der Waals surface area (Å²) in [5.74, 6) is -0.932. The second-order valence-electron chi connectivity index (χ2n) is 4.74. The molecule has 0 aromatic carbocycles. The van der Waals surface area contributed by atoms with Crippen molar-refractivity contribution < 1.29 is 14.3 Å². The van der Waals surface area contributed by atoms with Crippen molar-refractivity contribution >= 4 is 11.8 Å². The van der Waals surface area contributed by atoms with Gasteiger partial charge in [0.2, 0.25) is 0 Å². The summed E-state index contributed by atoms with van der Waals surface area (Å²) in [7, 11) is 0. The molecule has 2 fully saturated rings. The van der Waals surface area contributed by atoms with Crippen LogP contribution in [0.15, 0.2) is 0 Å². The maximum absolute atomic E-state index is 11.8. The summed E-state index contributed by atoms with van der Waals surface area (Å²) in [4.78, 5) is 25.1. The third-order valence-corrected chi connectivity index (χ3v) is 3.36. The van der Waals surface area contributed by atoms with Crippen LogP contribution in [0.1, 0.15) is 19.3 Å². The third-order valence-electron chi connectivity index (χ3n) is 3.36. The maximum atomic E-state index is 11.8. The Morgan fingerprint density at radius 3 is 2.72 bits per heavy atom. The summed E-state index contributed by atoms with van der Waals surface area (Å²) < 4.78 is 5.50. The van der Waals surface area contributed by atoms with Crippen LogP contribution in [0.2, 0.25) is 0 Å². The molecule has 1 atom stereocenters. The minimum Gasteiger partial charge on any atom is -0.376 e. The molecule has 102 valence electrons. The van der Waals surface area contributed by atoms with E-state index in [9.17, 15) is 9.59 Å². The molecule has 0 saturated carbocycles. The van der Waals surface area contributed by atoms with E-state index < -0.39 is 11.8 Å². The average molecular weight is 255 g/mol. The number of hydrogen-bond acceptors (Lipinski definition) is 4. The smallest absolute Gasteiger partial charge is 0.311 e. The van der Waals surface area contributed by atoms with E-state index in [0.29, 0.717) is 19.6 Å². The molecule has 18 heavy (non-hydrogen) atoms. The first-order valence-corrected chi connectivity index (χ1v) is 6.67. The normalized spacial score (nSPS) is 24.7. The summed E-state index contributed by atoms with van der Waals surface area (Å²) in [5.41, 5.74) is 0. The minimum atomic E-state index is -0.508. The fraction of sp³-hybridized carbons (Fsp3) is 0.833. The molecule has 2 aliphatic heterocycles. The first kappa shape index (κ1) is 13.3. The number of carbonyl (C=O) groups is 2. The van der Waals surface area contributed by atoms with Crippen molar-refractivity contribution in [2.75, 3.05) is 39.3 Å². The molecule has 2 aliphatic rings. The lowest BCUT2D eigenvalue weighted by atomic mass is 10.1. The van der Waals surface area contributed by atoms with E-state index in [4.69, 9.17) is 4.74 Å². The van der Waals surface area contributed by atoms with Gasteiger partial charge in [-0.3, -0.25) is 9.59 Å². The fourth-order valence-electron chi connectivity index (χ4n) is 2.26. The lowest BCUT2D eigenvalue weighted by Gasteiger charge is -2.27. The highest BCUT2D eigenvalue weighted by atomic mass is 16.5. The largest absolute Gasteiger partial charge is 0.376 e. The fourth-order valence-corrected chi connectivity index (χ4v) is 2.26. The first-order chi connectivity index (χ1) is 8.77. The molecular weight excluding hydrogens is 234 g/mol. The quantitative estimate of drug-likeness (QED) is 0.628. The van der Waals surface area contributed by atoms with Crippen LogP contribution in [0.25, 0.3) is 0 Å². The van der Waals surface area contributed by atoms with Gasteiger partial charge in [-0.05, 0) is 19.3 Å². The van der Waals surface area contributed by atoms with Crippen molar-refractivity contribution in [2.45, 2.75) is 25.4 Å². The van der Waals surface area contributed by atoms with Crippen molar-refractivity contribution in [3.05, 3.63) is 0 Å². The SMILES string of the molecule is O=C(NCC1CCCCO1)C(=O)N1CCNCC1. The molecular formula is C12H21N3O3. The molecule has 6 heteroatoms. The summed E-state index contributed by atoms with van der Waals surface area (Å²) in [6, 6.07) is 0. The number of nitrogens with zero attached hydrogens (tertiary/aromatic N) is 1. The topological polar surface area (TPSA) is 70.7 Å². The Morgan fingerprint density at radius 2 is 2.06 bits per heavy atom. The number of nitrogens with one attached hydrogen (secondary N) is 2. The van der Waals surface area contributed by atoms with E-state index in [1.165, 1.54) is 0 Å². The monoisotopic (exact) mass is 255 g/mol. The van der Waals surface area contributed by atoms with Crippen molar-refractivity contribution in [1.82, 2.24) is 15.5 Å². The second kappa shape index (κ2) is 6.70. The lowest BCUT2D eigenvalue weighted by Crippen LogP contribution is -2.52. The zero-order valence-electron chi connectivity index (χ0n) is 10.6. The van der Waals surface area contributed by atoms with Crippen LogP contribution in [-0.4, -0.2) is 62.1 Å². The molecule has 0 radical (unpaired) electrons. The molecule has 2 rings (SSSR count). The number of piperazine rings is 1. The summed E-state index contributed by atoms with van der Waals surface area (Å²) in [6.45, 7) is 3.91. The number of hydrogen-bond donors (Lipinski definition) is 2. The predicted molar refractivity (Wildman–Crippen MR) is 66.1 cm³/mol. The molecule has 2 heterocycles. The molecule has 0 aromatic heterocycles. The van der Waals surface area contributed by atoms with Crippen molar-refractivity contribution in [2.24, 2.45) is 0 Å². The summed E-state index contributed by atoms with van der Waals surface area (Å²) in [5, 5.41) is 5.82. The Morgan fingerprint density at radius 1 is 1.28 bits per heavy atom. The van der Waals surface area contributed by atoms with Crippen molar-refractivity contribution in [1.29, 1.82) is 0 Å². The van der Waals surface area contributed by atoms with Crippen LogP contribution >= 0.6 is 0 Å². The van der Waals surface area contributed by atoms with Gasteiger partial charge in [0, 0.05) is 39.3 Å². The van der Waals surface area contributed by atoms with Gasteiger partial charge in [0.15, 0.2) is 0 Å². The molecule has 0 bridgehead atoms. The van der Waals surface area contributed by atoms with E-state index in [0.717, 1.165) is 39.0 Å².